The normalized spacial score (nSPS) is 24.7. The molecule has 1 N–H and O–H groups in total. The Morgan fingerprint density at radius 1 is 1.39 bits per heavy atom. The molecule has 0 spiro atoms. The fourth-order valence-corrected chi connectivity index (χ4v) is 3.49. The lowest BCUT2D eigenvalue weighted by Crippen LogP contribution is -2.54. The number of hydrogen-bond donors (Lipinski definition) is 1. The lowest BCUT2D eigenvalue weighted by Gasteiger charge is -2.38. The number of nitrogens with zero attached hydrogens (tertiary/aromatic N) is 3. The number of thiophene rings is 1. The van der Waals surface area contributed by atoms with E-state index in [1.54, 1.807) is 17.7 Å². The largest absolute Gasteiger partial charge is 0.350 e. The summed E-state index contributed by atoms with van der Waals surface area (Å²) in [6.45, 7) is 8.59. The van der Waals surface area contributed by atoms with Crippen LogP contribution in [0.4, 0.5) is 5.82 Å². The highest BCUT2D eigenvalue weighted by atomic mass is 32.1. The Hall–Kier alpha value is -1.20. The quantitative estimate of drug-likeness (QED) is 0.855. The summed E-state index contributed by atoms with van der Waals surface area (Å²) in [6.07, 6.45) is 1.69. The Bertz CT molecular complexity index is 565. The fourth-order valence-electron chi connectivity index (χ4n) is 2.48. The van der Waals surface area contributed by atoms with Gasteiger partial charge in [0, 0.05) is 25.2 Å². The average Bonchev–Trinajstić information content (AvgIpc) is 2.75. The molecule has 0 radical (unpaired) electrons. The van der Waals surface area contributed by atoms with E-state index in [0.717, 1.165) is 24.4 Å². The Morgan fingerprint density at radius 3 is 3.06 bits per heavy atom. The topological polar surface area (TPSA) is 41.0 Å². The van der Waals surface area contributed by atoms with Crippen LogP contribution >= 0.6 is 11.3 Å². The maximum atomic E-state index is 4.53. The molecule has 0 amide bonds. The summed E-state index contributed by atoms with van der Waals surface area (Å²) in [4.78, 5) is 11.3. The molecule has 3 heterocycles. The lowest BCUT2D eigenvalue weighted by molar-refractivity contribution is 0.423. The van der Waals surface area contributed by atoms with Crippen LogP contribution < -0.4 is 10.2 Å². The Kier molecular flexibility index (Phi) is 2.95. The van der Waals surface area contributed by atoms with Gasteiger partial charge in [0.2, 0.25) is 0 Å². The molecule has 18 heavy (non-hydrogen) atoms. The number of anilines is 1. The maximum absolute atomic E-state index is 4.53. The van der Waals surface area contributed by atoms with Crippen molar-refractivity contribution < 1.29 is 0 Å². The van der Waals surface area contributed by atoms with E-state index in [2.05, 4.69) is 46.3 Å². The van der Waals surface area contributed by atoms with Crippen LogP contribution in [-0.2, 0) is 0 Å². The summed E-state index contributed by atoms with van der Waals surface area (Å²) in [5.74, 6) is 1.10. The van der Waals surface area contributed by atoms with E-state index < -0.39 is 0 Å². The second kappa shape index (κ2) is 4.48. The molecule has 0 aliphatic carbocycles. The molecule has 1 aliphatic heterocycles. The Morgan fingerprint density at radius 2 is 2.22 bits per heavy atom. The van der Waals surface area contributed by atoms with Crippen molar-refractivity contribution >= 4 is 27.4 Å². The molecule has 0 saturated carbocycles. The zero-order chi connectivity index (χ0) is 12.7. The van der Waals surface area contributed by atoms with Crippen molar-refractivity contribution in [3.63, 3.8) is 0 Å². The molecule has 3 rings (SSSR count). The van der Waals surface area contributed by atoms with Crippen LogP contribution in [0.2, 0.25) is 0 Å². The number of nitrogens with one attached hydrogen (secondary N) is 1. The third-order valence-corrected chi connectivity index (χ3v) is 4.63. The van der Waals surface area contributed by atoms with Crippen molar-refractivity contribution in [2.45, 2.75) is 32.9 Å². The van der Waals surface area contributed by atoms with Crippen LogP contribution in [0.25, 0.3) is 10.2 Å². The number of rotatable bonds is 1. The first-order valence-electron chi connectivity index (χ1n) is 6.35. The smallest absolute Gasteiger partial charge is 0.150 e. The van der Waals surface area contributed by atoms with Gasteiger partial charge in [-0.2, -0.15) is 0 Å². The molecule has 96 valence electrons. The van der Waals surface area contributed by atoms with E-state index in [1.807, 2.05) is 0 Å². The minimum absolute atomic E-state index is 0.474. The minimum Gasteiger partial charge on any atom is -0.350 e. The van der Waals surface area contributed by atoms with Gasteiger partial charge in [-0.1, -0.05) is 0 Å². The molecule has 1 saturated heterocycles. The summed E-state index contributed by atoms with van der Waals surface area (Å²) in [5.41, 5.74) is 2.35. The van der Waals surface area contributed by atoms with Crippen molar-refractivity contribution in [1.29, 1.82) is 0 Å². The third-order valence-electron chi connectivity index (χ3n) is 3.55. The molecule has 2 aromatic rings. The number of aromatic nitrogens is 2. The van der Waals surface area contributed by atoms with E-state index >= 15 is 0 Å². The van der Waals surface area contributed by atoms with Gasteiger partial charge in [0.05, 0.1) is 10.2 Å². The van der Waals surface area contributed by atoms with Crippen molar-refractivity contribution in [3.8, 4) is 0 Å². The van der Waals surface area contributed by atoms with Gasteiger partial charge in [-0.25, -0.2) is 9.97 Å². The standard InChI is InChI=1S/C13H18N4S/c1-8-6-18-12-11(8)15-7-16-13(12)17-5-9(2)14-4-10(17)3/h6-7,9-10,14H,4-5H2,1-3H3. The first-order chi connectivity index (χ1) is 8.66. The third kappa shape index (κ3) is 1.87. The van der Waals surface area contributed by atoms with Gasteiger partial charge < -0.3 is 10.2 Å². The van der Waals surface area contributed by atoms with Crippen LogP contribution in [-0.4, -0.2) is 35.1 Å². The molecule has 1 aliphatic rings. The summed E-state index contributed by atoms with van der Waals surface area (Å²) in [7, 11) is 0. The lowest BCUT2D eigenvalue weighted by atomic mass is 10.1. The summed E-state index contributed by atoms with van der Waals surface area (Å²) in [5, 5.41) is 5.67. The average molecular weight is 262 g/mol. The second-order valence-corrected chi connectivity index (χ2v) is 5.98. The Labute approximate surface area is 111 Å². The molecule has 0 bridgehead atoms. The molecule has 2 aromatic heterocycles. The van der Waals surface area contributed by atoms with Crippen LogP contribution in [0.3, 0.4) is 0 Å². The SMILES string of the molecule is Cc1csc2c(N3CC(C)NCC3C)ncnc12. The summed E-state index contributed by atoms with van der Waals surface area (Å²) < 4.78 is 1.22. The van der Waals surface area contributed by atoms with Crippen molar-refractivity contribution in [2.24, 2.45) is 0 Å². The zero-order valence-electron chi connectivity index (χ0n) is 11.0. The second-order valence-electron chi connectivity index (χ2n) is 5.10. The predicted molar refractivity (Wildman–Crippen MR) is 76.4 cm³/mol. The van der Waals surface area contributed by atoms with Gasteiger partial charge in [0.15, 0.2) is 0 Å². The molecular weight excluding hydrogens is 244 g/mol. The van der Waals surface area contributed by atoms with Crippen LogP contribution in [0.1, 0.15) is 19.4 Å². The highest BCUT2D eigenvalue weighted by Gasteiger charge is 2.25. The van der Waals surface area contributed by atoms with Crippen LogP contribution in [0.15, 0.2) is 11.7 Å². The van der Waals surface area contributed by atoms with Gasteiger partial charge >= 0.3 is 0 Å². The van der Waals surface area contributed by atoms with E-state index in [0.29, 0.717) is 12.1 Å². The van der Waals surface area contributed by atoms with Gasteiger partial charge in [-0.3, -0.25) is 0 Å². The number of piperazine rings is 1. The van der Waals surface area contributed by atoms with Gasteiger partial charge in [0.1, 0.15) is 12.1 Å². The molecular formula is C13H18N4S. The first-order valence-corrected chi connectivity index (χ1v) is 7.23. The van der Waals surface area contributed by atoms with Gasteiger partial charge in [-0.15, -0.1) is 11.3 Å². The molecule has 2 unspecified atom stereocenters. The first kappa shape index (κ1) is 11.9. The summed E-state index contributed by atoms with van der Waals surface area (Å²) >= 11 is 1.75. The van der Waals surface area contributed by atoms with Crippen LogP contribution in [0.5, 0.6) is 0 Å². The van der Waals surface area contributed by atoms with Gasteiger partial charge in [-0.05, 0) is 31.7 Å². The predicted octanol–water partition coefficient (Wildman–Crippen LogP) is 2.19. The van der Waals surface area contributed by atoms with Crippen LogP contribution in [0, 0.1) is 6.92 Å². The highest BCUT2D eigenvalue weighted by Crippen LogP contribution is 2.32. The minimum atomic E-state index is 0.474. The van der Waals surface area contributed by atoms with E-state index in [4.69, 9.17) is 0 Å². The zero-order valence-corrected chi connectivity index (χ0v) is 11.8. The van der Waals surface area contributed by atoms with E-state index in [-0.39, 0.29) is 0 Å². The molecule has 4 nitrogen and oxygen atoms in total. The van der Waals surface area contributed by atoms with E-state index in [1.165, 1.54) is 10.3 Å². The Balaban J connectivity index is 2.07. The highest BCUT2D eigenvalue weighted by molar-refractivity contribution is 7.18. The number of hydrogen-bond acceptors (Lipinski definition) is 5. The number of aryl methyl sites for hydroxylation is 1. The summed E-state index contributed by atoms with van der Waals surface area (Å²) in [6, 6.07) is 0.981. The monoisotopic (exact) mass is 262 g/mol. The van der Waals surface area contributed by atoms with Crippen molar-refractivity contribution in [3.05, 3.63) is 17.3 Å². The maximum Gasteiger partial charge on any atom is 0.150 e. The molecule has 1 fully saturated rings. The van der Waals surface area contributed by atoms with Crippen molar-refractivity contribution in [2.75, 3.05) is 18.0 Å². The fraction of sp³-hybridized carbons (Fsp3) is 0.538. The molecule has 5 heteroatoms. The molecule has 2 atom stereocenters. The molecule has 0 aromatic carbocycles. The van der Waals surface area contributed by atoms with Crippen molar-refractivity contribution in [1.82, 2.24) is 15.3 Å². The van der Waals surface area contributed by atoms with E-state index in [9.17, 15) is 0 Å². The number of fused-ring (bicyclic) bond motifs is 1. The van der Waals surface area contributed by atoms with Gasteiger partial charge in [0.25, 0.3) is 0 Å².